The van der Waals surface area contributed by atoms with Gasteiger partial charge >= 0.3 is 0 Å². The Morgan fingerprint density at radius 3 is 2.80 bits per heavy atom. The topological polar surface area (TPSA) is 73.6 Å². The van der Waals surface area contributed by atoms with E-state index in [1.807, 2.05) is 26.0 Å². The van der Waals surface area contributed by atoms with Gasteiger partial charge < -0.3 is 14.8 Å². The average Bonchev–Trinajstić information content (AvgIpc) is 2.94. The number of rotatable bonds is 3. The number of anilines is 1. The number of nitrogens with one attached hydrogen (secondary N) is 1. The van der Waals surface area contributed by atoms with Crippen molar-refractivity contribution in [3.8, 4) is 11.5 Å². The van der Waals surface area contributed by atoms with E-state index in [0.717, 1.165) is 46.1 Å². The molecule has 3 aromatic rings. The monoisotopic (exact) mass is 339 g/mol. The highest BCUT2D eigenvalue weighted by atomic mass is 16.5. The Labute approximate surface area is 146 Å². The third-order valence-electron chi connectivity index (χ3n) is 4.56. The molecular formula is C18H21N5O2. The fourth-order valence-corrected chi connectivity index (χ4v) is 2.97. The van der Waals surface area contributed by atoms with Crippen LogP contribution in [-0.4, -0.2) is 33.0 Å². The van der Waals surface area contributed by atoms with E-state index >= 15 is 0 Å². The van der Waals surface area contributed by atoms with Crippen molar-refractivity contribution >= 4 is 11.3 Å². The Hall–Kier alpha value is -2.83. The van der Waals surface area contributed by atoms with Gasteiger partial charge in [-0.25, -0.2) is 0 Å². The van der Waals surface area contributed by atoms with E-state index in [2.05, 4.69) is 33.6 Å². The highest BCUT2D eigenvalue weighted by Crippen LogP contribution is 2.34. The van der Waals surface area contributed by atoms with Gasteiger partial charge in [0.15, 0.2) is 11.5 Å². The van der Waals surface area contributed by atoms with Crippen molar-refractivity contribution in [2.75, 3.05) is 18.5 Å². The summed E-state index contributed by atoms with van der Waals surface area (Å²) in [6.07, 6.45) is 2.52. The molecule has 7 heteroatoms. The van der Waals surface area contributed by atoms with Gasteiger partial charge in [0.1, 0.15) is 6.33 Å². The normalized spacial score (nSPS) is 15.0. The van der Waals surface area contributed by atoms with E-state index < -0.39 is 0 Å². The molecule has 0 bridgehead atoms. The molecule has 1 aliphatic rings. The van der Waals surface area contributed by atoms with E-state index in [0.29, 0.717) is 13.2 Å². The molecule has 0 fully saturated rings. The Morgan fingerprint density at radius 1 is 1.16 bits per heavy atom. The van der Waals surface area contributed by atoms with E-state index in [1.165, 1.54) is 0 Å². The summed E-state index contributed by atoms with van der Waals surface area (Å²) in [6, 6.07) is 6.15. The van der Waals surface area contributed by atoms with E-state index in [-0.39, 0.29) is 6.04 Å². The minimum Gasteiger partial charge on any atom is -0.490 e. The molecule has 1 unspecified atom stereocenters. The number of ether oxygens (including phenoxy) is 2. The van der Waals surface area contributed by atoms with Crippen LogP contribution >= 0.6 is 0 Å². The number of aryl methyl sites for hydroxylation is 1. The van der Waals surface area contributed by atoms with Crippen LogP contribution in [0.2, 0.25) is 0 Å². The average molecular weight is 339 g/mol. The van der Waals surface area contributed by atoms with Crippen LogP contribution in [0.15, 0.2) is 24.5 Å². The summed E-state index contributed by atoms with van der Waals surface area (Å²) in [7, 11) is 0. The van der Waals surface area contributed by atoms with Crippen LogP contribution < -0.4 is 14.8 Å². The zero-order chi connectivity index (χ0) is 17.4. The van der Waals surface area contributed by atoms with Gasteiger partial charge in [-0.1, -0.05) is 6.07 Å². The number of aromatic nitrogens is 4. The molecule has 130 valence electrons. The summed E-state index contributed by atoms with van der Waals surface area (Å²) in [4.78, 5) is 0. The van der Waals surface area contributed by atoms with E-state index in [9.17, 15) is 0 Å². The molecule has 25 heavy (non-hydrogen) atoms. The van der Waals surface area contributed by atoms with Crippen LogP contribution in [0.4, 0.5) is 5.69 Å². The SMILES string of the molecule is Cc1nn2cnnc2c(NC(C)c2ccc3c(c2)OCCCO3)c1C. The number of benzene rings is 1. The Balaban J connectivity index is 1.67. The van der Waals surface area contributed by atoms with Gasteiger partial charge in [0.05, 0.1) is 24.6 Å². The zero-order valence-electron chi connectivity index (χ0n) is 14.6. The minimum absolute atomic E-state index is 0.0677. The van der Waals surface area contributed by atoms with Gasteiger partial charge in [-0.05, 0) is 44.0 Å². The molecule has 0 spiro atoms. The predicted molar refractivity (Wildman–Crippen MR) is 94.3 cm³/mol. The number of hydrogen-bond acceptors (Lipinski definition) is 6. The maximum absolute atomic E-state index is 5.80. The minimum atomic E-state index is 0.0677. The first-order valence-corrected chi connectivity index (χ1v) is 8.47. The first-order valence-electron chi connectivity index (χ1n) is 8.47. The fourth-order valence-electron chi connectivity index (χ4n) is 2.97. The molecule has 1 atom stereocenters. The van der Waals surface area contributed by atoms with Gasteiger partial charge in [-0.15, -0.1) is 10.2 Å². The lowest BCUT2D eigenvalue weighted by Gasteiger charge is -2.19. The molecule has 1 aliphatic heterocycles. The second-order valence-corrected chi connectivity index (χ2v) is 6.31. The standard InChI is InChI=1S/C18H21N5O2/c1-11-12(2)22-23-10-19-21-18(23)17(11)20-13(3)14-5-6-15-16(9-14)25-8-4-7-24-15/h5-6,9-10,13,20H,4,7-8H2,1-3H3. The molecule has 7 nitrogen and oxygen atoms in total. The molecule has 3 heterocycles. The van der Waals surface area contributed by atoms with E-state index in [1.54, 1.807) is 10.8 Å². The van der Waals surface area contributed by atoms with Gasteiger partial charge in [0.25, 0.3) is 0 Å². The van der Waals surface area contributed by atoms with Crippen LogP contribution in [0.25, 0.3) is 5.65 Å². The Bertz CT molecular complexity index is 921. The quantitative estimate of drug-likeness (QED) is 0.790. The first kappa shape index (κ1) is 15.7. The van der Waals surface area contributed by atoms with Crippen LogP contribution in [0, 0.1) is 13.8 Å². The van der Waals surface area contributed by atoms with Crippen molar-refractivity contribution in [2.24, 2.45) is 0 Å². The molecular weight excluding hydrogens is 318 g/mol. The predicted octanol–water partition coefficient (Wildman–Crippen LogP) is 3.08. The lowest BCUT2D eigenvalue weighted by Crippen LogP contribution is -2.11. The van der Waals surface area contributed by atoms with Crippen molar-refractivity contribution in [1.29, 1.82) is 0 Å². The number of fused-ring (bicyclic) bond motifs is 2. The Morgan fingerprint density at radius 2 is 1.96 bits per heavy atom. The van der Waals surface area contributed by atoms with Gasteiger partial charge in [-0.3, -0.25) is 0 Å². The highest BCUT2D eigenvalue weighted by Gasteiger charge is 2.17. The molecule has 1 N–H and O–H groups in total. The molecule has 1 aromatic carbocycles. The second kappa shape index (κ2) is 6.23. The van der Waals surface area contributed by atoms with Crippen molar-refractivity contribution in [2.45, 2.75) is 33.2 Å². The summed E-state index contributed by atoms with van der Waals surface area (Å²) < 4.78 is 13.2. The van der Waals surface area contributed by atoms with Gasteiger partial charge in [0, 0.05) is 12.5 Å². The van der Waals surface area contributed by atoms with Gasteiger partial charge in [0.2, 0.25) is 5.65 Å². The van der Waals surface area contributed by atoms with Crippen molar-refractivity contribution in [1.82, 2.24) is 19.8 Å². The molecule has 4 rings (SSSR count). The lowest BCUT2D eigenvalue weighted by atomic mass is 10.1. The smallest absolute Gasteiger partial charge is 0.200 e. The van der Waals surface area contributed by atoms with Crippen molar-refractivity contribution in [3.05, 3.63) is 41.3 Å². The molecule has 0 saturated heterocycles. The second-order valence-electron chi connectivity index (χ2n) is 6.31. The highest BCUT2D eigenvalue weighted by molar-refractivity contribution is 5.71. The van der Waals surface area contributed by atoms with E-state index in [4.69, 9.17) is 9.47 Å². The molecule has 0 saturated carbocycles. The summed E-state index contributed by atoms with van der Waals surface area (Å²) in [5.74, 6) is 1.61. The Kier molecular flexibility index (Phi) is 3.91. The maximum atomic E-state index is 5.80. The van der Waals surface area contributed by atoms with Crippen LogP contribution in [0.1, 0.15) is 36.2 Å². The van der Waals surface area contributed by atoms with Crippen LogP contribution in [0.5, 0.6) is 11.5 Å². The molecule has 0 radical (unpaired) electrons. The molecule has 0 aliphatic carbocycles. The largest absolute Gasteiger partial charge is 0.490 e. The van der Waals surface area contributed by atoms with Crippen molar-refractivity contribution in [3.63, 3.8) is 0 Å². The lowest BCUT2D eigenvalue weighted by molar-refractivity contribution is 0.297. The van der Waals surface area contributed by atoms with Crippen LogP contribution in [-0.2, 0) is 0 Å². The number of hydrogen-bond donors (Lipinski definition) is 1. The maximum Gasteiger partial charge on any atom is 0.200 e. The summed E-state index contributed by atoms with van der Waals surface area (Å²) >= 11 is 0. The van der Waals surface area contributed by atoms with Crippen LogP contribution in [0.3, 0.4) is 0 Å². The third-order valence-corrected chi connectivity index (χ3v) is 4.56. The third kappa shape index (κ3) is 2.86. The number of nitrogens with zero attached hydrogens (tertiary/aromatic N) is 4. The fraction of sp³-hybridized carbons (Fsp3) is 0.389. The summed E-state index contributed by atoms with van der Waals surface area (Å²) in [5, 5.41) is 16.2. The first-order chi connectivity index (χ1) is 12.1. The zero-order valence-corrected chi connectivity index (χ0v) is 14.6. The molecule has 2 aromatic heterocycles. The van der Waals surface area contributed by atoms with Gasteiger partial charge in [-0.2, -0.15) is 9.61 Å². The van der Waals surface area contributed by atoms with Crippen molar-refractivity contribution < 1.29 is 9.47 Å². The summed E-state index contributed by atoms with van der Waals surface area (Å²) in [6.45, 7) is 7.52. The molecule has 0 amide bonds. The summed E-state index contributed by atoms with van der Waals surface area (Å²) in [5.41, 5.74) is 4.81.